The van der Waals surface area contributed by atoms with Crippen molar-refractivity contribution in [2.75, 3.05) is 19.7 Å². The molecule has 0 aliphatic rings. The Morgan fingerprint density at radius 3 is 2.44 bits per heavy atom. The second kappa shape index (κ2) is 7.00. The first-order chi connectivity index (χ1) is 8.52. The first-order valence-corrected chi connectivity index (χ1v) is 6.20. The predicted octanol–water partition coefficient (Wildman–Crippen LogP) is 1.76. The van der Waals surface area contributed by atoms with E-state index in [0.717, 1.165) is 4.47 Å². The van der Waals surface area contributed by atoms with Crippen LogP contribution in [0, 0.1) is 0 Å². The van der Waals surface area contributed by atoms with E-state index < -0.39 is 5.97 Å². The number of nitrogens with zero attached hydrogens (tertiary/aromatic N) is 1. The summed E-state index contributed by atoms with van der Waals surface area (Å²) in [7, 11) is 0. The Kier molecular flexibility index (Phi) is 5.64. The minimum atomic E-state index is -1.03. The maximum atomic E-state index is 11.7. The van der Waals surface area contributed by atoms with Gasteiger partial charge in [-0.2, -0.15) is 0 Å². The quantitative estimate of drug-likeness (QED) is 0.868. The molecule has 1 amide bonds. The number of hydrogen-bond acceptors (Lipinski definition) is 3. The van der Waals surface area contributed by atoms with Gasteiger partial charge in [0.2, 0.25) is 0 Å². The molecular weight excluding hydrogens is 302 g/mol. The number of benzene rings is 1. The number of carbonyl (C=O) groups is 2. The molecule has 1 aromatic carbocycles. The maximum Gasteiger partial charge on any atom is 0.323 e. The van der Waals surface area contributed by atoms with E-state index >= 15 is 0 Å². The molecule has 0 heterocycles. The van der Waals surface area contributed by atoms with Gasteiger partial charge in [0.25, 0.3) is 5.91 Å². The zero-order chi connectivity index (χ0) is 13.5. The summed E-state index contributed by atoms with van der Waals surface area (Å²) in [6, 6.07) is 7.05. The third kappa shape index (κ3) is 4.75. The van der Waals surface area contributed by atoms with Crippen LogP contribution in [0.3, 0.4) is 0 Å². The van der Waals surface area contributed by atoms with Crippen LogP contribution in [-0.4, -0.2) is 41.6 Å². The molecule has 98 valence electrons. The number of amides is 1. The molecule has 0 spiro atoms. The molecule has 0 atom stereocenters. The van der Waals surface area contributed by atoms with Crippen LogP contribution >= 0.6 is 15.9 Å². The Morgan fingerprint density at radius 2 is 1.94 bits per heavy atom. The molecule has 18 heavy (non-hydrogen) atoms. The van der Waals surface area contributed by atoms with E-state index in [2.05, 4.69) is 15.9 Å². The van der Waals surface area contributed by atoms with Crippen LogP contribution in [0.2, 0.25) is 0 Å². The topological polar surface area (TPSA) is 66.8 Å². The van der Waals surface area contributed by atoms with Gasteiger partial charge in [-0.25, -0.2) is 0 Å². The van der Waals surface area contributed by atoms with E-state index in [1.54, 1.807) is 31.2 Å². The first kappa shape index (κ1) is 14.5. The van der Waals surface area contributed by atoms with E-state index in [9.17, 15) is 9.59 Å². The number of carboxylic acid groups (broad SMARTS) is 1. The van der Waals surface area contributed by atoms with Crippen LogP contribution < -0.4 is 4.74 Å². The molecule has 1 aromatic rings. The molecule has 1 N–H and O–H groups in total. The number of carboxylic acids is 1. The Bertz CT molecular complexity index is 419. The normalized spacial score (nSPS) is 9.89. The number of likely N-dealkylation sites (N-methyl/N-ethyl adjacent to an activating group) is 1. The summed E-state index contributed by atoms with van der Waals surface area (Å²) in [5.41, 5.74) is 0. The lowest BCUT2D eigenvalue weighted by Gasteiger charge is -2.18. The second-order valence-electron chi connectivity index (χ2n) is 3.54. The minimum absolute atomic E-state index is 0.164. The third-order valence-electron chi connectivity index (χ3n) is 2.24. The molecule has 0 aliphatic carbocycles. The number of rotatable bonds is 6. The zero-order valence-corrected chi connectivity index (χ0v) is 11.5. The van der Waals surface area contributed by atoms with Crippen molar-refractivity contribution in [1.82, 2.24) is 4.90 Å². The lowest BCUT2D eigenvalue weighted by atomic mass is 10.3. The van der Waals surface area contributed by atoms with Gasteiger partial charge in [0.15, 0.2) is 6.61 Å². The summed E-state index contributed by atoms with van der Waals surface area (Å²) >= 11 is 3.29. The van der Waals surface area contributed by atoms with Crippen molar-refractivity contribution in [3.63, 3.8) is 0 Å². The largest absolute Gasteiger partial charge is 0.484 e. The highest BCUT2D eigenvalue weighted by Gasteiger charge is 2.15. The first-order valence-electron chi connectivity index (χ1n) is 5.41. The van der Waals surface area contributed by atoms with Gasteiger partial charge in [-0.15, -0.1) is 0 Å². The van der Waals surface area contributed by atoms with Crippen LogP contribution in [-0.2, 0) is 9.59 Å². The van der Waals surface area contributed by atoms with Crippen molar-refractivity contribution in [1.29, 1.82) is 0 Å². The summed E-state index contributed by atoms with van der Waals surface area (Å²) in [5.74, 6) is -0.811. The lowest BCUT2D eigenvalue weighted by Crippen LogP contribution is -2.38. The number of aliphatic carboxylic acids is 1. The lowest BCUT2D eigenvalue weighted by molar-refractivity contribution is -0.145. The second-order valence-corrected chi connectivity index (χ2v) is 4.46. The predicted molar refractivity (Wildman–Crippen MR) is 69.5 cm³/mol. The summed E-state index contributed by atoms with van der Waals surface area (Å²) in [6.07, 6.45) is 0. The van der Waals surface area contributed by atoms with Crippen molar-refractivity contribution in [3.05, 3.63) is 28.7 Å². The SMILES string of the molecule is CCN(CC(=O)O)C(=O)COc1ccc(Br)cc1. The molecule has 1 rings (SSSR count). The summed E-state index contributed by atoms with van der Waals surface area (Å²) < 4.78 is 6.20. The molecule has 0 aliphatic heterocycles. The van der Waals surface area contributed by atoms with Gasteiger partial charge in [-0.05, 0) is 31.2 Å². The Morgan fingerprint density at radius 1 is 1.33 bits per heavy atom. The van der Waals surface area contributed by atoms with Crippen LogP contribution in [0.15, 0.2) is 28.7 Å². The number of ether oxygens (including phenoxy) is 1. The molecule has 0 bridgehead atoms. The van der Waals surface area contributed by atoms with Gasteiger partial charge < -0.3 is 14.7 Å². The summed E-state index contributed by atoms with van der Waals surface area (Å²) in [6.45, 7) is 1.59. The molecule has 0 radical (unpaired) electrons. The molecule has 0 fully saturated rings. The van der Waals surface area contributed by atoms with Crippen LogP contribution in [0.25, 0.3) is 0 Å². The molecule has 0 unspecified atom stereocenters. The molecule has 5 nitrogen and oxygen atoms in total. The Hall–Kier alpha value is -1.56. The standard InChI is InChI=1S/C12H14BrNO4/c1-2-14(7-12(16)17)11(15)8-18-10-5-3-9(13)4-6-10/h3-6H,2,7-8H2,1H3,(H,16,17). The monoisotopic (exact) mass is 315 g/mol. The van der Waals surface area contributed by atoms with Crippen LogP contribution in [0.4, 0.5) is 0 Å². The van der Waals surface area contributed by atoms with E-state index in [0.29, 0.717) is 12.3 Å². The number of halogens is 1. The summed E-state index contributed by atoms with van der Waals surface area (Å²) in [5, 5.41) is 8.64. The Labute approximate surface area is 113 Å². The average Bonchev–Trinajstić information content (AvgIpc) is 2.34. The van der Waals surface area contributed by atoms with Crippen molar-refractivity contribution in [3.8, 4) is 5.75 Å². The molecule has 0 saturated heterocycles. The van der Waals surface area contributed by atoms with E-state index in [4.69, 9.17) is 9.84 Å². The van der Waals surface area contributed by atoms with Gasteiger partial charge in [0.1, 0.15) is 12.3 Å². The van der Waals surface area contributed by atoms with E-state index in [1.807, 2.05) is 0 Å². The fourth-order valence-corrected chi connectivity index (χ4v) is 1.57. The summed E-state index contributed by atoms with van der Waals surface area (Å²) in [4.78, 5) is 23.4. The third-order valence-corrected chi connectivity index (χ3v) is 2.77. The van der Waals surface area contributed by atoms with Crippen molar-refractivity contribution >= 4 is 27.8 Å². The van der Waals surface area contributed by atoms with Crippen molar-refractivity contribution in [2.45, 2.75) is 6.92 Å². The highest BCUT2D eigenvalue weighted by Crippen LogP contribution is 2.16. The van der Waals surface area contributed by atoms with Crippen molar-refractivity contribution in [2.24, 2.45) is 0 Å². The molecule has 6 heteroatoms. The zero-order valence-electron chi connectivity index (χ0n) is 9.93. The van der Waals surface area contributed by atoms with Gasteiger partial charge in [-0.3, -0.25) is 9.59 Å². The minimum Gasteiger partial charge on any atom is -0.484 e. The fraction of sp³-hybridized carbons (Fsp3) is 0.333. The van der Waals surface area contributed by atoms with Crippen LogP contribution in [0.5, 0.6) is 5.75 Å². The molecule has 0 aromatic heterocycles. The van der Waals surface area contributed by atoms with Gasteiger partial charge in [0.05, 0.1) is 0 Å². The van der Waals surface area contributed by atoms with Gasteiger partial charge in [0, 0.05) is 11.0 Å². The van der Waals surface area contributed by atoms with Crippen molar-refractivity contribution < 1.29 is 19.4 Å². The fourth-order valence-electron chi connectivity index (χ4n) is 1.31. The molecule has 0 saturated carbocycles. The smallest absolute Gasteiger partial charge is 0.323 e. The van der Waals surface area contributed by atoms with Crippen LogP contribution in [0.1, 0.15) is 6.92 Å². The van der Waals surface area contributed by atoms with Gasteiger partial charge >= 0.3 is 5.97 Å². The maximum absolute atomic E-state index is 11.7. The molecular formula is C12H14BrNO4. The number of hydrogen-bond donors (Lipinski definition) is 1. The van der Waals surface area contributed by atoms with E-state index in [1.165, 1.54) is 4.90 Å². The highest BCUT2D eigenvalue weighted by atomic mass is 79.9. The highest BCUT2D eigenvalue weighted by molar-refractivity contribution is 9.10. The van der Waals surface area contributed by atoms with E-state index in [-0.39, 0.29) is 19.1 Å². The average molecular weight is 316 g/mol. The van der Waals surface area contributed by atoms with Gasteiger partial charge in [-0.1, -0.05) is 15.9 Å². The Balaban J connectivity index is 2.49. The number of carbonyl (C=O) groups excluding carboxylic acids is 1.